The van der Waals surface area contributed by atoms with E-state index in [2.05, 4.69) is 4.98 Å². The molecular formula is C12H11FN2O4S. The minimum absolute atomic E-state index is 0.206. The van der Waals surface area contributed by atoms with Crippen LogP contribution >= 0.6 is 0 Å². The van der Waals surface area contributed by atoms with Crippen molar-refractivity contribution < 1.29 is 21.5 Å². The van der Waals surface area contributed by atoms with Crippen molar-refractivity contribution in [2.75, 3.05) is 11.4 Å². The number of aryl methyl sites for hydroxylation is 1. The summed E-state index contributed by atoms with van der Waals surface area (Å²) < 4.78 is 40.3. The van der Waals surface area contributed by atoms with Gasteiger partial charge in [-0.1, -0.05) is 6.07 Å². The zero-order valence-electron chi connectivity index (χ0n) is 10.5. The number of carbonyl (C=O) groups is 1. The standard InChI is InChI=1S/C12H11FN2O4S/c1-7-14-12-9(3-2-4-10(12)19-7)15-6-8(5-11(15)16)20(13,17)18/h2-4,8H,5-6H2,1H3. The number of amides is 1. The summed E-state index contributed by atoms with van der Waals surface area (Å²) in [7, 11) is -4.73. The largest absolute Gasteiger partial charge is 0.441 e. The van der Waals surface area contributed by atoms with Gasteiger partial charge in [-0.2, -0.15) is 8.42 Å². The molecular weight excluding hydrogens is 287 g/mol. The molecule has 0 N–H and O–H groups in total. The summed E-state index contributed by atoms with van der Waals surface area (Å²) in [6.45, 7) is 1.47. The Balaban J connectivity index is 2.06. The monoisotopic (exact) mass is 298 g/mol. The lowest BCUT2D eigenvalue weighted by Crippen LogP contribution is -2.27. The summed E-state index contributed by atoms with van der Waals surface area (Å²) in [5.41, 5.74) is 1.41. The van der Waals surface area contributed by atoms with Crippen LogP contribution in [0.5, 0.6) is 0 Å². The summed E-state index contributed by atoms with van der Waals surface area (Å²) in [5, 5.41) is -1.32. The van der Waals surface area contributed by atoms with Gasteiger partial charge in [0.2, 0.25) is 5.91 Å². The predicted molar refractivity (Wildman–Crippen MR) is 69.5 cm³/mol. The minimum Gasteiger partial charge on any atom is -0.441 e. The molecule has 106 valence electrons. The summed E-state index contributed by atoms with van der Waals surface area (Å²) in [6, 6.07) is 5.00. The van der Waals surface area contributed by atoms with E-state index in [1.807, 2.05) is 0 Å². The summed E-state index contributed by atoms with van der Waals surface area (Å²) in [6.07, 6.45) is -0.355. The van der Waals surface area contributed by atoms with Crippen molar-refractivity contribution in [3.63, 3.8) is 0 Å². The number of para-hydroxylation sites is 1. The molecule has 1 fully saturated rings. The molecule has 6 nitrogen and oxygen atoms in total. The second-order valence-electron chi connectivity index (χ2n) is 4.66. The van der Waals surface area contributed by atoms with E-state index >= 15 is 0 Å². The Hall–Kier alpha value is -1.96. The molecule has 20 heavy (non-hydrogen) atoms. The Morgan fingerprint density at radius 1 is 1.45 bits per heavy atom. The van der Waals surface area contributed by atoms with Gasteiger partial charge in [-0.05, 0) is 12.1 Å². The maximum atomic E-state index is 13.0. The van der Waals surface area contributed by atoms with Crippen LogP contribution in [0.3, 0.4) is 0 Å². The highest BCUT2D eigenvalue weighted by molar-refractivity contribution is 7.87. The molecule has 1 aromatic carbocycles. The number of benzene rings is 1. The Kier molecular flexibility index (Phi) is 2.79. The zero-order valence-corrected chi connectivity index (χ0v) is 11.4. The summed E-state index contributed by atoms with van der Waals surface area (Å²) >= 11 is 0. The van der Waals surface area contributed by atoms with Crippen molar-refractivity contribution in [1.29, 1.82) is 0 Å². The second kappa shape index (κ2) is 4.27. The van der Waals surface area contributed by atoms with Crippen LogP contribution in [-0.4, -0.2) is 31.1 Å². The molecule has 1 unspecified atom stereocenters. The number of hydrogen-bond acceptors (Lipinski definition) is 5. The van der Waals surface area contributed by atoms with Crippen molar-refractivity contribution in [2.45, 2.75) is 18.6 Å². The highest BCUT2D eigenvalue weighted by atomic mass is 32.3. The lowest BCUT2D eigenvalue weighted by molar-refractivity contribution is -0.117. The molecule has 1 aliphatic heterocycles. The Bertz CT molecular complexity index is 799. The zero-order chi connectivity index (χ0) is 14.5. The fourth-order valence-electron chi connectivity index (χ4n) is 2.36. The first-order chi connectivity index (χ1) is 9.36. The molecule has 0 radical (unpaired) electrons. The van der Waals surface area contributed by atoms with Crippen molar-refractivity contribution in [2.24, 2.45) is 0 Å². The molecule has 8 heteroatoms. The van der Waals surface area contributed by atoms with Crippen LogP contribution in [0.2, 0.25) is 0 Å². The van der Waals surface area contributed by atoms with Crippen LogP contribution in [0.1, 0.15) is 12.3 Å². The van der Waals surface area contributed by atoms with Crippen LogP contribution in [0.4, 0.5) is 9.57 Å². The summed E-state index contributed by atoms with van der Waals surface area (Å²) in [5.74, 6) is -0.00172. The van der Waals surface area contributed by atoms with Gasteiger partial charge in [0.05, 0.1) is 5.69 Å². The predicted octanol–water partition coefficient (Wildman–Crippen LogP) is 1.54. The number of nitrogens with zero attached hydrogens (tertiary/aromatic N) is 2. The quantitative estimate of drug-likeness (QED) is 0.786. The van der Waals surface area contributed by atoms with Crippen LogP contribution in [0.25, 0.3) is 11.1 Å². The Morgan fingerprint density at radius 2 is 2.20 bits per heavy atom. The van der Waals surface area contributed by atoms with Crippen molar-refractivity contribution in [3.05, 3.63) is 24.1 Å². The third kappa shape index (κ3) is 2.05. The first kappa shape index (κ1) is 13.0. The molecule has 1 aromatic heterocycles. The molecule has 0 spiro atoms. The van der Waals surface area contributed by atoms with E-state index in [1.54, 1.807) is 25.1 Å². The molecule has 1 aliphatic rings. The van der Waals surface area contributed by atoms with E-state index in [0.717, 1.165) is 0 Å². The fourth-order valence-corrected chi connectivity index (χ4v) is 3.03. The van der Waals surface area contributed by atoms with Gasteiger partial charge in [0.25, 0.3) is 0 Å². The Labute approximate surface area is 114 Å². The van der Waals surface area contributed by atoms with E-state index in [-0.39, 0.29) is 13.0 Å². The second-order valence-corrected chi connectivity index (χ2v) is 6.28. The maximum absolute atomic E-state index is 13.0. The van der Waals surface area contributed by atoms with Gasteiger partial charge in [0.1, 0.15) is 10.8 Å². The van der Waals surface area contributed by atoms with Gasteiger partial charge in [-0.3, -0.25) is 4.79 Å². The molecule has 0 bridgehead atoms. The average Bonchev–Trinajstić information content (AvgIpc) is 2.90. The molecule has 3 rings (SSSR count). The third-order valence-corrected chi connectivity index (χ3v) is 4.40. The number of aromatic nitrogens is 1. The number of anilines is 1. The molecule has 0 aliphatic carbocycles. The molecule has 0 saturated carbocycles. The van der Waals surface area contributed by atoms with Gasteiger partial charge >= 0.3 is 10.2 Å². The Morgan fingerprint density at radius 3 is 2.85 bits per heavy atom. The first-order valence-electron chi connectivity index (χ1n) is 5.96. The molecule has 1 atom stereocenters. The molecule has 1 saturated heterocycles. The number of fused-ring (bicyclic) bond motifs is 1. The molecule has 1 amide bonds. The van der Waals surface area contributed by atoms with Crippen LogP contribution in [0, 0.1) is 6.92 Å². The fraction of sp³-hybridized carbons (Fsp3) is 0.333. The SMILES string of the molecule is Cc1nc2c(N3CC(S(=O)(=O)F)CC3=O)cccc2o1. The van der Waals surface area contributed by atoms with Gasteiger partial charge in [0.15, 0.2) is 11.5 Å². The van der Waals surface area contributed by atoms with Crippen molar-refractivity contribution in [1.82, 2.24) is 4.98 Å². The van der Waals surface area contributed by atoms with Gasteiger partial charge in [-0.15, -0.1) is 3.89 Å². The normalized spacial score (nSPS) is 20.0. The number of oxazole rings is 1. The van der Waals surface area contributed by atoms with E-state index in [0.29, 0.717) is 22.7 Å². The molecule has 2 aromatic rings. The highest BCUT2D eigenvalue weighted by Gasteiger charge is 2.39. The van der Waals surface area contributed by atoms with Crippen LogP contribution in [-0.2, 0) is 15.0 Å². The van der Waals surface area contributed by atoms with Crippen LogP contribution in [0.15, 0.2) is 22.6 Å². The topological polar surface area (TPSA) is 80.5 Å². The van der Waals surface area contributed by atoms with E-state index < -0.39 is 21.4 Å². The number of halogens is 1. The van der Waals surface area contributed by atoms with Crippen molar-refractivity contribution >= 4 is 32.9 Å². The van der Waals surface area contributed by atoms with Gasteiger partial charge < -0.3 is 9.32 Å². The average molecular weight is 298 g/mol. The smallest absolute Gasteiger partial charge is 0.307 e. The van der Waals surface area contributed by atoms with E-state index in [1.165, 1.54) is 4.90 Å². The number of hydrogen-bond donors (Lipinski definition) is 0. The molecule has 2 heterocycles. The highest BCUT2D eigenvalue weighted by Crippen LogP contribution is 2.31. The summed E-state index contributed by atoms with van der Waals surface area (Å²) in [4.78, 5) is 17.3. The van der Waals surface area contributed by atoms with Gasteiger partial charge in [0, 0.05) is 19.9 Å². The first-order valence-corrected chi connectivity index (χ1v) is 7.41. The third-order valence-electron chi connectivity index (χ3n) is 3.28. The minimum atomic E-state index is -4.73. The number of rotatable bonds is 2. The van der Waals surface area contributed by atoms with E-state index in [9.17, 15) is 17.1 Å². The lowest BCUT2D eigenvalue weighted by atomic mass is 10.2. The van der Waals surface area contributed by atoms with Crippen LogP contribution < -0.4 is 4.90 Å². The lowest BCUT2D eigenvalue weighted by Gasteiger charge is -2.15. The number of carbonyl (C=O) groups excluding carboxylic acids is 1. The van der Waals surface area contributed by atoms with E-state index in [4.69, 9.17) is 4.42 Å². The van der Waals surface area contributed by atoms with Crippen molar-refractivity contribution in [3.8, 4) is 0 Å². The maximum Gasteiger partial charge on any atom is 0.307 e. The van der Waals surface area contributed by atoms with Gasteiger partial charge in [-0.25, -0.2) is 4.98 Å².